The first kappa shape index (κ1) is 14.9. The van der Waals surface area contributed by atoms with Crippen LogP contribution in [0.1, 0.15) is 33.8 Å². The number of likely N-dealkylation sites (tertiary alicyclic amines) is 1. The summed E-state index contributed by atoms with van der Waals surface area (Å²) in [5.41, 5.74) is 8.62. The molecule has 1 aromatic rings. The molecule has 1 aliphatic heterocycles. The monoisotopic (exact) mass is 313 g/mol. The molecule has 23 heavy (non-hydrogen) atoms. The summed E-state index contributed by atoms with van der Waals surface area (Å²) in [4.78, 5) is 11.6. The molecule has 5 atom stereocenters. The largest absolute Gasteiger partial charge is 0.389 e. The molecule has 1 heterocycles. The van der Waals surface area contributed by atoms with Crippen LogP contribution in [0.3, 0.4) is 0 Å². The van der Waals surface area contributed by atoms with Crippen LogP contribution in [0.25, 0.3) is 0 Å². The molecule has 2 aliphatic carbocycles. The fraction of sp³-hybridized carbons (Fsp3) is 0.526. The summed E-state index contributed by atoms with van der Waals surface area (Å²) in [6.07, 6.45) is 5.86. The first-order valence-electron chi connectivity index (χ1n) is 8.50. The van der Waals surface area contributed by atoms with Crippen LogP contribution < -0.4 is 5.73 Å². The van der Waals surface area contributed by atoms with E-state index >= 15 is 0 Å². The summed E-state index contributed by atoms with van der Waals surface area (Å²) in [7, 11) is 4.62. The number of hydrogen-bond donors (Lipinski definition) is 2. The molecule has 0 aromatic heterocycles. The van der Waals surface area contributed by atoms with E-state index in [1.54, 1.807) is 0 Å². The normalized spacial score (nSPS) is 36.9. The quantitative estimate of drug-likeness (QED) is 0.609. The molecule has 1 fully saturated rings. The number of aliphatic hydroxyl groups is 1. The minimum absolute atomic E-state index is 0.231. The molecule has 4 heteroatoms. The van der Waals surface area contributed by atoms with Gasteiger partial charge in [-0.3, -0.25) is 4.79 Å². The third-order valence-corrected chi connectivity index (χ3v) is 6.44. The van der Waals surface area contributed by atoms with E-state index in [9.17, 15) is 9.90 Å². The molecule has 3 aliphatic rings. The van der Waals surface area contributed by atoms with E-state index in [0.29, 0.717) is 23.4 Å². The van der Waals surface area contributed by atoms with E-state index in [-0.39, 0.29) is 11.8 Å². The van der Waals surface area contributed by atoms with Gasteiger partial charge in [-0.05, 0) is 23.3 Å². The van der Waals surface area contributed by atoms with E-state index in [4.69, 9.17) is 5.73 Å². The molecule has 1 aromatic carbocycles. The number of fused-ring (bicyclic) bond motifs is 1. The second kappa shape index (κ2) is 4.92. The average molecular weight is 313 g/mol. The third kappa shape index (κ3) is 2.16. The molecule has 4 rings (SSSR count). The Bertz CT molecular complexity index is 695. The fourth-order valence-electron chi connectivity index (χ4n) is 5.12. The van der Waals surface area contributed by atoms with Gasteiger partial charge in [-0.25, -0.2) is 0 Å². The molecule has 0 spiro atoms. The highest BCUT2D eigenvalue weighted by atomic mass is 16.3. The molecular formula is C19H25N2O2+. The summed E-state index contributed by atoms with van der Waals surface area (Å²) in [6.45, 7) is 1.08. The van der Waals surface area contributed by atoms with Crippen molar-refractivity contribution in [1.82, 2.24) is 0 Å². The Morgan fingerprint density at radius 3 is 2.83 bits per heavy atom. The van der Waals surface area contributed by atoms with E-state index in [0.717, 1.165) is 23.9 Å². The van der Waals surface area contributed by atoms with Crippen LogP contribution in [0.5, 0.6) is 0 Å². The number of rotatable bonds is 1. The number of hydrogen-bond acceptors (Lipinski definition) is 2. The van der Waals surface area contributed by atoms with Gasteiger partial charge in [-0.1, -0.05) is 18.2 Å². The molecule has 0 saturated carbocycles. The van der Waals surface area contributed by atoms with E-state index < -0.39 is 6.10 Å². The first-order valence-corrected chi connectivity index (χ1v) is 8.50. The van der Waals surface area contributed by atoms with Crippen LogP contribution in [-0.2, 0) is 6.42 Å². The van der Waals surface area contributed by atoms with Crippen molar-refractivity contribution >= 4 is 5.91 Å². The van der Waals surface area contributed by atoms with Gasteiger partial charge in [-0.2, -0.15) is 0 Å². The van der Waals surface area contributed by atoms with Gasteiger partial charge in [0, 0.05) is 36.2 Å². The summed E-state index contributed by atoms with van der Waals surface area (Å²) in [5.74, 6) is 0.579. The van der Waals surface area contributed by atoms with Crippen molar-refractivity contribution in [1.29, 1.82) is 0 Å². The lowest BCUT2D eigenvalue weighted by Gasteiger charge is -2.46. The van der Waals surface area contributed by atoms with Crippen LogP contribution >= 0.6 is 0 Å². The summed E-state index contributed by atoms with van der Waals surface area (Å²) in [5, 5.41) is 10.5. The van der Waals surface area contributed by atoms with Crippen molar-refractivity contribution in [2.45, 2.75) is 30.9 Å². The number of nitrogens with two attached hydrogens (primary N) is 1. The Hall–Kier alpha value is -1.65. The average Bonchev–Trinajstić information content (AvgIpc) is 2.55. The maximum atomic E-state index is 11.6. The van der Waals surface area contributed by atoms with Gasteiger partial charge in [0.25, 0.3) is 0 Å². The van der Waals surface area contributed by atoms with Crippen molar-refractivity contribution in [3.05, 3.63) is 47.0 Å². The molecule has 4 nitrogen and oxygen atoms in total. The highest BCUT2D eigenvalue weighted by Crippen LogP contribution is 2.51. The molecule has 1 amide bonds. The number of carbonyl (C=O) groups is 1. The highest BCUT2D eigenvalue weighted by Gasteiger charge is 2.52. The number of carbonyl (C=O) groups excluding carboxylic acids is 1. The molecular weight excluding hydrogens is 288 g/mol. The van der Waals surface area contributed by atoms with E-state index in [1.165, 1.54) is 11.1 Å². The Kier molecular flexibility index (Phi) is 3.19. The Balaban J connectivity index is 1.91. The van der Waals surface area contributed by atoms with Crippen molar-refractivity contribution in [2.75, 3.05) is 20.6 Å². The number of benzene rings is 1. The smallest absolute Gasteiger partial charge is 0.248 e. The highest BCUT2D eigenvalue weighted by molar-refractivity contribution is 5.93. The van der Waals surface area contributed by atoms with Crippen LogP contribution in [-0.4, -0.2) is 48.3 Å². The number of quaternary nitrogens is 1. The van der Waals surface area contributed by atoms with E-state index in [1.807, 2.05) is 18.2 Å². The number of likely N-dealkylation sites (N-methyl/N-ethyl adjacent to an activating group) is 1. The molecule has 3 N–H and O–H groups in total. The standard InChI is InChI=1S/C19H24N2O2/c1-21(2)8-7-14-17(22)6-5-13-16(21)10-11-3-4-12(19(20)23)9-15(11)18(13)14/h3-6,9,13-14,16-18,22H,7-8,10H2,1-2H3,(H-,20,23)/p+1. The lowest BCUT2D eigenvalue weighted by Crippen LogP contribution is -2.55. The van der Waals surface area contributed by atoms with Gasteiger partial charge in [-0.15, -0.1) is 0 Å². The fourth-order valence-corrected chi connectivity index (χ4v) is 5.12. The minimum Gasteiger partial charge on any atom is -0.389 e. The first-order chi connectivity index (χ1) is 10.9. The van der Waals surface area contributed by atoms with Crippen LogP contribution in [0.4, 0.5) is 0 Å². The lowest BCUT2D eigenvalue weighted by atomic mass is 9.63. The molecule has 4 bridgehead atoms. The minimum atomic E-state index is -0.391. The van der Waals surface area contributed by atoms with Crippen LogP contribution in [0.15, 0.2) is 30.4 Å². The van der Waals surface area contributed by atoms with Gasteiger partial charge in [0.05, 0.1) is 32.8 Å². The number of primary amides is 1. The van der Waals surface area contributed by atoms with Crippen molar-refractivity contribution in [2.24, 2.45) is 17.6 Å². The molecule has 122 valence electrons. The lowest BCUT2D eigenvalue weighted by molar-refractivity contribution is -0.917. The summed E-state index contributed by atoms with van der Waals surface area (Å²) in [6, 6.07) is 6.43. The third-order valence-electron chi connectivity index (χ3n) is 6.44. The van der Waals surface area contributed by atoms with Gasteiger partial charge >= 0.3 is 0 Å². The maximum Gasteiger partial charge on any atom is 0.248 e. The molecule has 5 unspecified atom stereocenters. The van der Waals surface area contributed by atoms with Crippen LogP contribution in [0.2, 0.25) is 0 Å². The van der Waals surface area contributed by atoms with Crippen molar-refractivity contribution < 1.29 is 14.4 Å². The Labute approximate surface area is 137 Å². The van der Waals surface area contributed by atoms with Gasteiger partial charge in [0.2, 0.25) is 5.91 Å². The summed E-state index contributed by atoms with van der Waals surface area (Å²) < 4.78 is 0.992. The number of amides is 1. The zero-order valence-electron chi connectivity index (χ0n) is 13.8. The van der Waals surface area contributed by atoms with Crippen molar-refractivity contribution in [3.63, 3.8) is 0 Å². The predicted octanol–water partition coefficient (Wildman–Crippen LogP) is 1.44. The zero-order valence-corrected chi connectivity index (χ0v) is 13.8. The SMILES string of the molecule is C[N+]1(C)CCC2C(O)C=CC3C2c2cc(C(N)=O)ccc2CC31. The second-order valence-corrected chi connectivity index (χ2v) is 7.98. The van der Waals surface area contributed by atoms with E-state index in [2.05, 4.69) is 26.2 Å². The Morgan fingerprint density at radius 2 is 2.09 bits per heavy atom. The Morgan fingerprint density at radius 1 is 1.30 bits per heavy atom. The topological polar surface area (TPSA) is 63.3 Å². The zero-order chi connectivity index (χ0) is 16.4. The molecule has 1 saturated heterocycles. The summed E-state index contributed by atoms with van der Waals surface area (Å²) >= 11 is 0. The van der Waals surface area contributed by atoms with Crippen molar-refractivity contribution in [3.8, 4) is 0 Å². The number of nitrogens with zero attached hydrogens (tertiary/aromatic N) is 1. The second-order valence-electron chi connectivity index (χ2n) is 7.98. The maximum absolute atomic E-state index is 11.6. The van der Waals surface area contributed by atoms with Gasteiger partial charge in [0.1, 0.15) is 0 Å². The predicted molar refractivity (Wildman–Crippen MR) is 88.9 cm³/mol. The molecule has 0 radical (unpaired) electrons. The van der Waals surface area contributed by atoms with Gasteiger partial charge < -0.3 is 15.3 Å². The van der Waals surface area contributed by atoms with Crippen LogP contribution in [0, 0.1) is 11.8 Å². The van der Waals surface area contributed by atoms with Gasteiger partial charge in [0.15, 0.2) is 0 Å². The number of aliphatic hydroxyl groups excluding tert-OH is 1.